The van der Waals surface area contributed by atoms with Crippen LogP contribution < -0.4 is 15.8 Å². The van der Waals surface area contributed by atoms with Crippen molar-refractivity contribution in [2.75, 3.05) is 6.54 Å². The molecule has 0 unspecified atom stereocenters. The monoisotopic (exact) mass is 581 g/mol. The van der Waals surface area contributed by atoms with Crippen LogP contribution in [0, 0.1) is 24.2 Å². The molecule has 41 heavy (non-hydrogen) atoms. The molecule has 0 saturated heterocycles. The summed E-state index contributed by atoms with van der Waals surface area (Å²) in [5.74, 6) is -0.476. The van der Waals surface area contributed by atoms with E-state index in [1.54, 1.807) is 36.4 Å². The van der Waals surface area contributed by atoms with Crippen LogP contribution in [0.4, 0.5) is 0 Å². The Hall–Kier alpha value is -4.22. The Labute approximate surface area is 240 Å². The van der Waals surface area contributed by atoms with Gasteiger partial charge >= 0.3 is 11.9 Å². The molecule has 0 heterocycles. The Morgan fingerprint density at radius 2 is 1.56 bits per heavy atom. The topological polar surface area (TPSA) is 169 Å². The quantitative estimate of drug-likeness (QED) is 0.0985. The molecular formula is C30H35N3O7S. The number of carbonyl (C=O) groups excluding carboxylic acids is 2. The molecule has 0 aliphatic heterocycles. The van der Waals surface area contributed by atoms with Crippen LogP contribution in [0.15, 0.2) is 83.8 Å². The van der Waals surface area contributed by atoms with E-state index in [2.05, 4.69) is 5.32 Å². The molecule has 1 saturated carbocycles. The van der Waals surface area contributed by atoms with Gasteiger partial charge in [-0.15, -0.1) is 0 Å². The average Bonchev–Trinajstić information content (AvgIpc) is 2.96. The Kier molecular flexibility index (Phi) is 11.4. The Bertz CT molecular complexity index is 1420. The van der Waals surface area contributed by atoms with Crippen LogP contribution in [-0.2, 0) is 26.3 Å². The third kappa shape index (κ3) is 10.4. The average molecular weight is 582 g/mol. The second-order valence-corrected chi connectivity index (χ2v) is 11.2. The zero-order chi connectivity index (χ0) is 29.8. The van der Waals surface area contributed by atoms with E-state index in [9.17, 15) is 18.0 Å². The first kappa shape index (κ1) is 31.3. The van der Waals surface area contributed by atoms with Crippen molar-refractivity contribution >= 4 is 28.0 Å². The van der Waals surface area contributed by atoms with Gasteiger partial charge in [0.25, 0.3) is 10.1 Å². The summed E-state index contributed by atoms with van der Waals surface area (Å²) in [7, 11) is -4.02. The fourth-order valence-corrected chi connectivity index (χ4v) is 4.76. The molecule has 1 aliphatic carbocycles. The van der Waals surface area contributed by atoms with E-state index >= 15 is 0 Å². The Morgan fingerprint density at radius 1 is 0.951 bits per heavy atom. The van der Waals surface area contributed by atoms with Gasteiger partial charge < -0.3 is 20.5 Å². The second-order valence-electron chi connectivity index (χ2n) is 9.78. The molecule has 0 atom stereocenters. The molecule has 0 aromatic heterocycles. The van der Waals surface area contributed by atoms with E-state index in [-0.39, 0.29) is 40.7 Å². The van der Waals surface area contributed by atoms with E-state index in [0.29, 0.717) is 25.3 Å². The number of nitrogens with two attached hydrogens (primary N) is 1. The van der Waals surface area contributed by atoms with Crippen LogP contribution in [0.3, 0.4) is 0 Å². The molecule has 3 aromatic carbocycles. The highest BCUT2D eigenvalue weighted by atomic mass is 32.2. The van der Waals surface area contributed by atoms with Gasteiger partial charge in [0.1, 0.15) is 17.9 Å². The lowest BCUT2D eigenvalue weighted by atomic mass is 9.82. The molecule has 0 amide bonds. The number of aryl methyl sites for hydroxylation is 1. The first-order valence-corrected chi connectivity index (χ1v) is 14.6. The largest absolute Gasteiger partial charge is 0.457 e. The van der Waals surface area contributed by atoms with E-state index in [1.165, 1.54) is 12.1 Å². The highest BCUT2D eigenvalue weighted by molar-refractivity contribution is 7.85. The third-order valence-electron chi connectivity index (χ3n) is 6.61. The molecule has 0 spiro atoms. The molecule has 1 aliphatic rings. The summed E-state index contributed by atoms with van der Waals surface area (Å²) in [6.45, 7) is 2.64. The van der Waals surface area contributed by atoms with Crippen molar-refractivity contribution in [3.63, 3.8) is 0 Å². The lowest BCUT2D eigenvalue weighted by Crippen LogP contribution is -2.36. The van der Waals surface area contributed by atoms with E-state index < -0.39 is 16.1 Å². The zero-order valence-corrected chi connectivity index (χ0v) is 23.6. The third-order valence-corrected chi connectivity index (χ3v) is 7.48. The molecule has 11 heteroatoms. The van der Waals surface area contributed by atoms with Gasteiger partial charge in [-0.2, -0.15) is 8.42 Å². The van der Waals surface area contributed by atoms with E-state index in [4.69, 9.17) is 25.2 Å². The van der Waals surface area contributed by atoms with Crippen LogP contribution in [-0.4, -0.2) is 37.4 Å². The summed E-state index contributed by atoms with van der Waals surface area (Å²) in [5.41, 5.74) is 7.40. The predicted octanol–water partition coefficient (Wildman–Crippen LogP) is 4.48. The minimum absolute atomic E-state index is 0.0349. The Morgan fingerprint density at radius 3 is 2.17 bits per heavy atom. The van der Waals surface area contributed by atoms with Crippen molar-refractivity contribution in [1.82, 2.24) is 5.32 Å². The molecule has 0 radical (unpaired) electrons. The van der Waals surface area contributed by atoms with Gasteiger partial charge in [-0.05, 0) is 68.4 Å². The number of nitrogens with one attached hydrogen (secondary N) is 2. The zero-order valence-electron chi connectivity index (χ0n) is 22.8. The predicted molar refractivity (Wildman–Crippen MR) is 154 cm³/mol. The van der Waals surface area contributed by atoms with Gasteiger partial charge in [0.2, 0.25) is 0 Å². The molecule has 5 N–H and O–H groups in total. The lowest BCUT2D eigenvalue weighted by Gasteiger charge is -2.27. The van der Waals surface area contributed by atoms with Crippen molar-refractivity contribution in [3.05, 3.63) is 95.6 Å². The summed E-state index contributed by atoms with van der Waals surface area (Å²) in [6.07, 6.45) is 3.15. The molecule has 0 bridgehead atoms. The van der Waals surface area contributed by atoms with Crippen molar-refractivity contribution in [2.45, 2.75) is 44.1 Å². The van der Waals surface area contributed by atoms with Crippen molar-refractivity contribution in [1.29, 1.82) is 5.41 Å². The maximum absolute atomic E-state index is 12.7. The summed E-state index contributed by atoms with van der Waals surface area (Å²) in [4.78, 5) is 25.1. The molecule has 218 valence electrons. The highest BCUT2D eigenvalue weighted by Crippen LogP contribution is 2.30. The summed E-state index contributed by atoms with van der Waals surface area (Å²) < 4.78 is 40.5. The van der Waals surface area contributed by atoms with E-state index in [0.717, 1.165) is 24.0 Å². The first-order chi connectivity index (χ1) is 19.5. The molecular weight excluding hydrogens is 546 g/mol. The summed E-state index contributed by atoms with van der Waals surface area (Å²) in [5, 5.41) is 10.1. The van der Waals surface area contributed by atoms with Gasteiger partial charge in [-0.3, -0.25) is 14.8 Å². The normalized spacial score (nSPS) is 16.4. The number of esters is 2. The minimum Gasteiger partial charge on any atom is -0.457 e. The van der Waals surface area contributed by atoms with Crippen molar-refractivity contribution < 1.29 is 32.0 Å². The molecule has 1 fully saturated rings. The van der Waals surface area contributed by atoms with Crippen LogP contribution in [0.5, 0.6) is 5.75 Å². The van der Waals surface area contributed by atoms with Crippen molar-refractivity contribution in [3.8, 4) is 5.75 Å². The van der Waals surface area contributed by atoms with E-state index in [1.807, 2.05) is 37.3 Å². The SMILES string of the molecule is Cc1ccc(S(=O)(=O)O)cc1.N=C(N)NC[C@H]1CC[C@H](C(=O)Oc2ccccc2C(=O)OCc2ccccc2)CC1. The van der Waals surface area contributed by atoms with Crippen LogP contribution in [0.2, 0.25) is 0 Å². The molecule has 3 aromatic rings. The number of benzene rings is 3. The molecule has 10 nitrogen and oxygen atoms in total. The number of hydrogen-bond acceptors (Lipinski definition) is 7. The fraction of sp³-hybridized carbons (Fsp3) is 0.300. The standard InChI is InChI=1S/C23H27N3O4.C7H8O3S/c24-23(25)26-14-16-10-12-18(13-11-16)21(27)30-20-9-5-4-8-19(20)22(28)29-15-17-6-2-1-3-7-17;1-6-2-4-7(5-3-6)11(8,9)10/h1-9,16,18H,10-15H2,(H4,24,25,26);2-5H,1H3,(H,8,9,10)/t16-,18-;. The first-order valence-electron chi connectivity index (χ1n) is 13.2. The van der Waals surface area contributed by atoms with Gasteiger partial charge in [-0.25, -0.2) is 4.79 Å². The van der Waals surface area contributed by atoms with Crippen LogP contribution in [0.1, 0.15) is 47.2 Å². The van der Waals surface area contributed by atoms with Gasteiger partial charge in [0.15, 0.2) is 5.96 Å². The summed E-state index contributed by atoms with van der Waals surface area (Å²) >= 11 is 0. The highest BCUT2D eigenvalue weighted by Gasteiger charge is 2.28. The number of hydrogen-bond donors (Lipinski definition) is 4. The smallest absolute Gasteiger partial charge is 0.342 e. The lowest BCUT2D eigenvalue weighted by molar-refractivity contribution is -0.140. The summed E-state index contributed by atoms with van der Waals surface area (Å²) in [6, 6.07) is 22.0. The minimum atomic E-state index is -4.02. The molecule has 4 rings (SSSR count). The van der Waals surface area contributed by atoms with Crippen LogP contribution >= 0.6 is 0 Å². The maximum Gasteiger partial charge on any atom is 0.342 e. The van der Waals surface area contributed by atoms with Gasteiger partial charge in [0, 0.05) is 6.54 Å². The number of rotatable bonds is 8. The maximum atomic E-state index is 12.7. The van der Waals surface area contributed by atoms with Gasteiger partial charge in [-0.1, -0.05) is 60.2 Å². The number of ether oxygens (including phenoxy) is 2. The fourth-order valence-electron chi connectivity index (χ4n) is 4.28. The number of carbonyl (C=O) groups is 2. The second kappa shape index (κ2) is 15.0. The van der Waals surface area contributed by atoms with Gasteiger partial charge in [0.05, 0.1) is 10.8 Å². The van der Waals surface area contributed by atoms with Crippen LogP contribution in [0.25, 0.3) is 0 Å². The number of para-hydroxylation sites is 1. The Balaban J connectivity index is 0.000000352. The van der Waals surface area contributed by atoms with Crippen molar-refractivity contribution in [2.24, 2.45) is 17.6 Å². The number of guanidine groups is 1.